The van der Waals surface area contributed by atoms with Crippen molar-refractivity contribution in [2.24, 2.45) is 10.7 Å². The van der Waals surface area contributed by atoms with Crippen molar-refractivity contribution in [3.63, 3.8) is 0 Å². The van der Waals surface area contributed by atoms with Crippen molar-refractivity contribution in [1.82, 2.24) is 0 Å². The van der Waals surface area contributed by atoms with Crippen molar-refractivity contribution in [3.8, 4) is 0 Å². The number of nitrogens with two attached hydrogens (primary N) is 1. The first-order valence-corrected chi connectivity index (χ1v) is 7.82. The summed E-state index contributed by atoms with van der Waals surface area (Å²) >= 11 is 1.72. The van der Waals surface area contributed by atoms with E-state index in [1.807, 2.05) is 0 Å². The van der Waals surface area contributed by atoms with E-state index in [2.05, 4.69) is 46.9 Å². The monoisotopic (exact) mass is 285 g/mol. The van der Waals surface area contributed by atoms with E-state index in [-0.39, 0.29) is 0 Å². The molecular weight excluding hydrogens is 266 g/mol. The second-order valence-electron chi connectivity index (χ2n) is 5.19. The zero-order chi connectivity index (χ0) is 13.9. The fourth-order valence-electron chi connectivity index (χ4n) is 2.56. The minimum Gasteiger partial charge on any atom is -0.370 e. The van der Waals surface area contributed by atoms with E-state index in [0.29, 0.717) is 12.5 Å². The maximum atomic E-state index is 5.96. The highest BCUT2D eigenvalue weighted by Crippen LogP contribution is 2.24. The highest BCUT2D eigenvalue weighted by molar-refractivity contribution is 7.10. The van der Waals surface area contributed by atoms with Gasteiger partial charge in [-0.15, -0.1) is 11.3 Å². The number of aryl methyl sites for hydroxylation is 3. The highest BCUT2D eigenvalue weighted by atomic mass is 32.1. The first kappa shape index (κ1) is 13.2. The Morgan fingerprint density at radius 1 is 1.30 bits per heavy atom. The van der Waals surface area contributed by atoms with Gasteiger partial charge in [-0.2, -0.15) is 0 Å². The summed E-state index contributed by atoms with van der Waals surface area (Å²) in [7, 11) is 0. The highest BCUT2D eigenvalue weighted by Gasteiger charge is 2.10. The SMILES string of the molecule is Cc1ccsc1CN=C(N)Nc1ccc2c(c1)CCC2. The van der Waals surface area contributed by atoms with Crippen molar-refractivity contribution in [1.29, 1.82) is 0 Å². The molecule has 0 spiro atoms. The Bertz CT molecular complexity index is 643. The van der Waals surface area contributed by atoms with Crippen LogP contribution in [0.25, 0.3) is 0 Å². The predicted molar refractivity (Wildman–Crippen MR) is 86.5 cm³/mol. The molecule has 20 heavy (non-hydrogen) atoms. The van der Waals surface area contributed by atoms with Crippen LogP contribution in [0.2, 0.25) is 0 Å². The van der Waals surface area contributed by atoms with E-state index in [1.54, 1.807) is 11.3 Å². The Hall–Kier alpha value is -1.81. The van der Waals surface area contributed by atoms with Gasteiger partial charge in [-0.1, -0.05) is 6.07 Å². The van der Waals surface area contributed by atoms with Gasteiger partial charge in [-0.25, -0.2) is 4.99 Å². The molecule has 4 heteroatoms. The lowest BCUT2D eigenvalue weighted by Gasteiger charge is -2.08. The molecule has 104 valence electrons. The molecule has 0 atom stereocenters. The van der Waals surface area contributed by atoms with E-state index in [4.69, 9.17) is 5.73 Å². The molecule has 3 nitrogen and oxygen atoms in total. The summed E-state index contributed by atoms with van der Waals surface area (Å²) < 4.78 is 0. The largest absolute Gasteiger partial charge is 0.370 e. The zero-order valence-electron chi connectivity index (χ0n) is 11.6. The molecule has 1 aliphatic rings. The molecule has 0 saturated carbocycles. The molecule has 0 radical (unpaired) electrons. The molecule has 0 amide bonds. The maximum Gasteiger partial charge on any atom is 0.193 e. The van der Waals surface area contributed by atoms with Crippen LogP contribution in [0.3, 0.4) is 0 Å². The lowest BCUT2D eigenvalue weighted by Crippen LogP contribution is -2.22. The van der Waals surface area contributed by atoms with E-state index >= 15 is 0 Å². The first-order chi connectivity index (χ1) is 9.72. The number of hydrogen-bond donors (Lipinski definition) is 2. The van der Waals surface area contributed by atoms with Crippen LogP contribution < -0.4 is 11.1 Å². The van der Waals surface area contributed by atoms with E-state index in [1.165, 1.54) is 40.8 Å². The minimum absolute atomic E-state index is 0.482. The number of fused-ring (bicyclic) bond motifs is 1. The quantitative estimate of drug-likeness (QED) is 0.670. The van der Waals surface area contributed by atoms with Crippen LogP contribution in [0.4, 0.5) is 5.69 Å². The Morgan fingerprint density at radius 2 is 2.15 bits per heavy atom. The van der Waals surface area contributed by atoms with Gasteiger partial charge in [0.2, 0.25) is 0 Å². The summed E-state index contributed by atoms with van der Waals surface area (Å²) in [5.41, 5.74) is 11.2. The van der Waals surface area contributed by atoms with Crippen LogP contribution in [-0.2, 0) is 19.4 Å². The summed E-state index contributed by atoms with van der Waals surface area (Å²) in [6.07, 6.45) is 3.65. The number of anilines is 1. The summed E-state index contributed by atoms with van der Waals surface area (Å²) in [6, 6.07) is 8.59. The van der Waals surface area contributed by atoms with Crippen LogP contribution in [-0.4, -0.2) is 5.96 Å². The minimum atomic E-state index is 0.482. The number of aliphatic imine (C=N–C) groups is 1. The number of guanidine groups is 1. The molecule has 1 heterocycles. The smallest absolute Gasteiger partial charge is 0.193 e. The lowest BCUT2D eigenvalue weighted by atomic mass is 10.1. The van der Waals surface area contributed by atoms with Crippen LogP contribution in [0.5, 0.6) is 0 Å². The Balaban J connectivity index is 1.66. The van der Waals surface area contributed by atoms with Gasteiger partial charge in [-0.05, 0) is 66.5 Å². The summed E-state index contributed by atoms with van der Waals surface area (Å²) in [6.45, 7) is 2.75. The van der Waals surface area contributed by atoms with Gasteiger partial charge in [-0.3, -0.25) is 0 Å². The second-order valence-corrected chi connectivity index (χ2v) is 6.19. The number of thiophene rings is 1. The number of nitrogens with one attached hydrogen (secondary N) is 1. The summed E-state index contributed by atoms with van der Waals surface area (Å²) in [5.74, 6) is 0.482. The van der Waals surface area contributed by atoms with E-state index in [9.17, 15) is 0 Å². The third-order valence-corrected chi connectivity index (χ3v) is 4.74. The van der Waals surface area contributed by atoms with Crippen LogP contribution >= 0.6 is 11.3 Å². The molecule has 0 fully saturated rings. The van der Waals surface area contributed by atoms with Gasteiger partial charge in [0.05, 0.1) is 6.54 Å². The van der Waals surface area contributed by atoms with Crippen LogP contribution in [0.1, 0.15) is 28.0 Å². The molecule has 0 unspecified atom stereocenters. The molecular formula is C16H19N3S. The van der Waals surface area contributed by atoms with Gasteiger partial charge in [0, 0.05) is 10.6 Å². The number of benzene rings is 1. The Kier molecular flexibility index (Phi) is 3.74. The Morgan fingerprint density at radius 3 is 2.95 bits per heavy atom. The van der Waals surface area contributed by atoms with Gasteiger partial charge < -0.3 is 11.1 Å². The van der Waals surface area contributed by atoms with Crippen molar-refractivity contribution < 1.29 is 0 Å². The van der Waals surface area contributed by atoms with E-state index < -0.39 is 0 Å². The topological polar surface area (TPSA) is 50.4 Å². The van der Waals surface area contributed by atoms with E-state index in [0.717, 1.165) is 5.69 Å². The van der Waals surface area contributed by atoms with Crippen LogP contribution in [0, 0.1) is 6.92 Å². The average molecular weight is 285 g/mol. The second kappa shape index (κ2) is 5.67. The maximum absolute atomic E-state index is 5.96. The molecule has 3 N–H and O–H groups in total. The number of hydrogen-bond acceptors (Lipinski definition) is 2. The third-order valence-electron chi connectivity index (χ3n) is 3.73. The predicted octanol–water partition coefficient (Wildman–Crippen LogP) is 3.47. The third kappa shape index (κ3) is 2.85. The molecule has 0 saturated heterocycles. The molecule has 2 aromatic rings. The standard InChI is InChI=1S/C16H19N3S/c1-11-7-8-20-15(11)10-18-16(17)19-14-6-5-12-3-2-4-13(12)9-14/h5-9H,2-4,10H2,1H3,(H3,17,18,19). The zero-order valence-corrected chi connectivity index (χ0v) is 12.5. The molecule has 0 bridgehead atoms. The molecule has 1 aromatic heterocycles. The first-order valence-electron chi connectivity index (χ1n) is 6.94. The van der Waals surface area contributed by atoms with Gasteiger partial charge in [0.25, 0.3) is 0 Å². The van der Waals surface area contributed by atoms with Gasteiger partial charge >= 0.3 is 0 Å². The van der Waals surface area contributed by atoms with Crippen molar-refractivity contribution in [2.75, 3.05) is 5.32 Å². The summed E-state index contributed by atoms with van der Waals surface area (Å²) in [5, 5.41) is 5.27. The Labute approximate surface area is 123 Å². The lowest BCUT2D eigenvalue weighted by molar-refractivity contribution is 0.912. The van der Waals surface area contributed by atoms with Gasteiger partial charge in [0.1, 0.15) is 0 Å². The number of rotatable bonds is 3. The molecule has 0 aliphatic heterocycles. The molecule has 1 aromatic carbocycles. The van der Waals surface area contributed by atoms with Crippen molar-refractivity contribution in [3.05, 3.63) is 51.2 Å². The van der Waals surface area contributed by atoms with Crippen molar-refractivity contribution >= 4 is 23.0 Å². The molecule has 3 rings (SSSR count). The van der Waals surface area contributed by atoms with Gasteiger partial charge in [0.15, 0.2) is 5.96 Å². The molecule has 1 aliphatic carbocycles. The van der Waals surface area contributed by atoms with Crippen molar-refractivity contribution in [2.45, 2.75) is 32.7 Å². The van der Waals surface area contributed by atoms with Crippen LogP contribution in [0.15, 0.2) is 34.6 Å². The fraction of sp³-hybridized carbons (Fsp3) is 0.312. The average Bonchev–Trinajstić information content (AvgIpc) is 3.04. The fourth-order valence-corrected chi connectivity index (χ4v) is 3.39. The summed E-state index contributed by atoms with van der Waals surface area (Å²) in [4.78, 5) is 5.68. The normalized spacial score (nSPS) is 14.3. The number of nitrogens with zero attached hydrogens (tertiary/aromatic N) is 1.